The number of ether oxygens (including phenoxy) is 1. The Hall–Kier alpha value is -1.94. The van der Waals surface area contributed by atoms with Gasteiger partial charge in [0.2, 0.25) is 0 Å². The Kier molecular flexibility index (Phi) is 5.07. The summed E-state index contributed by atoms with van der Waals surface area (Å²) in [4.78, 5) is 4.10. The van der Waals surface area contributed by atoms with E-state index in [0.29, 0.717) is 23.6 Å². The van der Waals surface area contributed by atoms with Crippen LogP contribution in [0.25, 0.3) is 0 Å². The van der Waals surface area contributed by atoms with Gasteiger partial charge in [-0.15, -0.1) is 0 Å². The highest BCUT2D eigenvalue weighted by atomic mass is 19.1. The molecule has 4 heteroatoms. The van der Waals surface area contributed by atoms with Gasteiger partial charge in [0, 0.05) is 30.6 Å². The summed E-state index contributed by atoms with van der Waals surface area (Å²) in [5.74, 6) is 0.935. The minimum Gasteiger partial charge on any atom is -0.457 e. The van der Waals surface area contributed by atoms with Crippen molar-refractivity contribution in [2.45, 2.75) is 26.8 Å². The molecule has 0 atom stereocenters. The van der Waals surface area contributed by atoms with E-state index >= 15 is 0 Å². The first-order valence-electron chi connectivity index (χ1n) is 6.78. The number of nitrogens with zero attached hydrogens (tertiary/aromatic N) is 1. The molecular weight excluding hydrogens is 255 g/mol. The lowest BCUT2D eigenvalue weighted by molar-refractivity contribution is 0.466. The Bertz CT molecular complexity index is 572. The lowest BCUT2D eigenvalue weighted by Gasteiger charge is -2.11. The predicted molar refractivity (Wildman–Crippen MR) is 77.4 cm³/mol. The van der Waals surface area contributed by atoms with Gasteiger partial charge in [0.15, 0.2) is 0 Å². The van der Waals surface area contributed by atoms with Crippen LogP contribution in [0.1, 0.15) is 24.5 Å². The number of halogens is 1. The lowest BCUT2D eigenvalue weighted by Crippen LogP contribution is -2.14. The zero-order valence-corrected chi connectivity index (χ0v) is 11.8. The first-order chi connectivity index (χ1) is 9.70. The van der Waals surface area contributed by atoms with Crippen LogP contribution in [0.3, 0.4) is 0 Å². The monoisotopic (exact) mass is 274 g/mol. The van der Waals surface area contributed by atoms with Crippen molar-refractivity contribution in [3.05, 3.63) is 53.6 Å². The Morgan fingerprint density at radius 3 is 2.90 bits per heavy atom. The molecule has 0 spiro atoms. The van der Waals surface area contributed by atoms with Crippen LogP contribution in [0, 0.1) is 12.7 Å². The molecule has 0 aliphatic heterocycles. The number of rotatable bonds is 6. The van der Waals surface area contributed by atoms with Crippen LogP contribution in [-0.4, -0.2) is 11.5 Å². The summed E-state index contributed by atoms with van der Waals surface area (Å²) in [7, 11) is 0. The van der Waals surface area contributed by atoms with E-state index in [1.807, 2.05) is 0 Å². The van der Waals surface area contributed by atoms with E-state index < -0.39 is 0 Å². The predicted octanol–water partition coefficient (Wildman–Crippen LogP) is 3.82. The Morgan fingerprint density at radius 1 is 1.30 bits per heavy atom. The van der Waals surface area contributed by atoms with E-state index in [2.05, 4.69) is 17.2 Å². The summed E-state index contributed by atoms with van der Waals surface area (Å²) >= 11 is 0. The van der Waals surface area contributed by atoms with Crippen LogP contribution < -0.4 is 10.1 Å². The van der Waals surface area contributed by atoms with Gasteiger partial charge in [-0.05, 0) is 37.6 Å². The molecule has 1 heterocycles. The van der Waals surface area contributed by atoms with Crippen molar-refractivity contribution < 1.29 is 9.13 Å². The molecule has 3 nitrogen and oxygen atoms in total. The molecule has 2 rings (SSSR count). The molecule has 0 amide bonds. The van der Waals surface area contributed by atoms with E-state index in [9.17, 15) is 4.39 Å². The van der Waals surface area contributed by atoms with Gasteiger partial charge in [-0.1, -0.05) is 13.0 Å². The molecule has 0 fully saturated rings. The van der Waals surface area contributed by atoms with Crippen LogP contribution in [0.5, 0.6) is 11.5 Å². The van der Waals surface area contributed by atoms with Crippen LogP contribution in [-0.2, 0) is 6.54 Å². The summed E-state index contributed by atoms with van der Waals surface area (Å²) in [6.07, 6.45) is 4.51. The average molecular weight is 274 g/mol. The smallest absolute Gasteiger partial charge is 0.134 e. The Balaban J connectivity index is 2.13. The van der Waals surface area contributed by atoms with E-state index in [4.69, 9.17) is 4.74 Å². The van der Waals surface area contributed by atoms with Gasteiger partial charge in [0.05, 0.1) is 0 Å². The number of hydrogen-bond acceptors (Lipinski definition) is 3. The first-order valence-corrected chi connectivity index (χ1v) is 6.78. The molecule has 106 valence electrons. The van der Waals surface area contributed by atoms with E-state index in [0.717, 1.165) is 18.5 Å². The summed E-state index contributed by atoms with van der Waals surface area (Å²) < 4.78 is 19.3. The highest BCUT2D eigenvalue weighted by Gasteiger charge is 2.06. The summed E-state index contributed by atoms with van der Waals surface area (Å²) in [5, 5.41) is 3.30. The summed E-state index contributed by atoms with van der Waals surface area (Å²) in [5.41, 5.74) is 1.57. The van der Waals surface area contributed by atoms with Crippen molar-refractivity contribution in [1.29, 1.82) is 0 Å². The van der Waals surface area contributed by atoms with Crippen molar-refractivity contribution >= 4 is 0 Å². The van der Waals surface area contributed by atoms with Crippen LogP contribution in [0.15, 0.2) is 36.7 Å². The van der Waals surface area contributed by atoms with Gasteiger partial charge >= 0.3 is 0 Å². The lowest BCUT2D eigenvalue weighted by atomic mass is 10.2. The van der Waals surface area contributed by atoms with Gasteiger partial charge in [0.25, 0.3) is 0 Å². The molecule has 0 radical (unpaired) electrons. The molecule has 1 aromatic heterocycles. The van der Waals surface area contributed by atoms with E-state index in [1.165, 1.54) is 6.07 Å². The standard InChI is InChI=1S/C16H19FN2O/c1-3-7-18-10-13-11-19-8-6-16(13)20-14-5-4-12(2)15(17)9-14/h4-6,8-9,11,18H,3,7,10H2,1-2H3. The molecule has 0 aliphatic carbocycles. The van der Waals surface area contributed by atoms with Gasteiger partial charge in [-0.25, -0.2) is 4.39 Å². The van der Waals surface area contributed by atoms with Crippen LogP contribution in [0.4, 0.5) is 4.39 Å². The molecule has 0 saturated heterocycles. The molecule has 0 aliphatic rings. The highest BCUT2D eigenvalue weighted by Crippen LogP contribution is 2.25. The van der Waals surface area contributed by atoms with Crippen molar-refractivity contribution in [2.24, 2.45) is 0 Å². The average Bonchev–Trinajstić information content (AvgIpc) is 2.45. The zero-order chi connectivity index (χ0) is 14.4. The molecule has 1 N–H and O–H groups in total. The third kappa shape index (κ3) is 3.78. The number of aromatic nitrogens is 1. The normalized spacial score (nSPS) is 10.6. The molecule has 20 heavy (non-hydrogen) atoms. The van der Waals surface area contributed by atoms with Crippen molar-refractivity contribution in [3.8, 4) is 11.5 Å². The number of pyridine rings is 1. The fourth-order valence-corrected chi connectivity index (χ4v) is 1.81. The number of nitrogens with one attached hydrogen (secondary N) is 1. The zero-order valence-electron chi connectivity index (χ0n) is 11.8. The van der Waals surface area contributed by atoms with Gasteiger partial charge in [0.1, 0.15) is 17.3 Å². The number of benzene rings is 1. The minimum atomic E-state index is -0.262. The number of hydrogen-bond donors (Lipinski definition) is 1. The maximum absolute atomic E-state index is 13.5. The maximum Gasteiger partial charge on any atom is 0.134 e. The maximum atomic E-state index is 13.5. The van der Waals surface area contributed by atoms with Gasteiger partial charge < -0.3 is 10.1 Å². The molecular formula is C16H19FN2O. The van der Waals surface area contributed by atoms with E-state index in [-0.39, 0.29) is 5.82 Å². The quantitative estimate of drug-likeness (QED) is 0.813. The van der Waals surface area contributed by atoms with Gasteiger partial charge in [-0.2, -0.15) is 0 Å². The summed E-state index contributed by atoms with van der Waals surface area (Å²) in [6, 6.07) is 6.67. The minimum absolute atomic E-state index is 0.262. The van der Waals surface area contributed by atoms with Crippen molar-refractivity contribution in [3.63, 3.8) is 0 Å². The SMILES string of the molecule is CCCNCc1cnccc1Oc1ccc(C)c(F)c1. The second-order valence-corrected chi connectivity index (χ2v) is 4.67. The van der Waals surface area contributed by atoms with E-state index in [1.54, 1.807) is 37.5 Å². The Labute approximate surface area is 118 Å². The molecule has 0 saturated carbocycles. The highest BCUT2D eigenvalue weighted by molar-refractivity contribution is 5.37. The molecule has 2 aromatic rings. The van der Waals surface area contributed by atoms with Crippen molar-refractivity contribution in [2.75, 3.05) is 6.54 Å². The third-order valence-electron chi connectivity index (χ3n) is 2.97. The molecule has 0 bridgehead atoms. The van der Waals surface area contributed by atoms with Crippen LogP contribution >= 0.6 is 0 Å². The molecule has 0 unspecified atom stereocenters. The second-order valence-electron chi connectivity index (χ2n) is 4.67. The fraction of sp³-hybridized carbons (Fsp3) is 0.312. The second kappa shape index (κ2) is 7.01. The van der Waals surface area contributed by atoms with Crippen LogP contribution in [0.2, 0.25) is 0 Å². The van der Waals surface area contributed by atoms with Gasteiger partial charge in [-0.3, -0.25) is 4.98 Å². The first kappa shape index (κ1) is 14.5. The number of aryl methyl sites for hydroxylation is 1. The topological polar surface area (TPSA) is 34.2 Å². The third-order valence-corrected chi connectivity index (χ3v) is 2.97. The van der Waals surface area contributed by atoms with Crippen molar-refractivity contribution in [1.82, 2.24) is 10.3 Å². The summed E-state index contributed by atoms with van der Waals surface area (Å²) in [6.45, 7) is 5.47. The Morgan fingerprint density at radius 2 is 2.15 bits per heavy atom. The molecule has 1 aromatic carbocycles. The largest absolute Gasteiger partial charge is 0.457 e. The fourth-order valence-electron chi connectivity index (χ4n) is 1.81.